The number of aryl methyl sites for hydroxylation is 2. The zero-order chi connectivity index (χ0) is 58.9. The highest BCUT2D eigenvalue weighted by Crippen LogP contribution is 2.63. The SMILES string of the molecule is Cc1ccc(-n2c3ccccc3c3cc(-c4ccc5cc(/C=C/c6ccc7c(c6)C6(c8ccccc8-c8ccccc86)c6cc(/C=C/c8ccc9cc(-c%10ccc%11c(c%10)c%10ccccc%10n%11-c%10ccc(C)cc%10)ccc9c8)ccc6-7)ccc5c4)ccc32)cc1. The van der Waals surface area contributed by atoms with Crippen LogP contribution in [0.2, 0.25) is 0 Å². The first-order valence-electron chi connectivity index (χ1n) is 31.0. The number of hydrogen-bond acceptors (Lipinski definition) is 0. The maximum absolute atomic E-state index is 2.46. The Labute approximate surface area is 517 Å². The average Bonchev–Trinajstić information content (AvgIpc) is 1.52. The van der Waals surface area contributed by atoms with Gasteiger partial charge in [-0.1, -0.05) is 230 Å². The predicted octanol–water partition coefficient (Wildman–Crippen LogP) is 22.8. The van der Waals surface area contributed by atoms with Crippen LogP contribution in [0.1, 0.15) is 55.6 Å². The second-order valence-electron chi connectivity index (χ2n) is 24.6. The number of rotatable bonds is 8. The summed E-state index contributed by atoms with van der Waals surface area (Å²) in [5.41, 5.74) is 29.4. The summed E-state index contributed by atoms with van der Waals surface area (Å²) in [7, 11) is 0. The van der Waals surface area contributed by atoms with Gasteiger partial charge in [-0.15, -0.1) is 0 Å². The fourth-order valence-corrected chi connectivity index (χ4v) is 15.1. The zero-order valence-corrected chi connectivity index (χ0v) is 49.4. The number of fused-ring (bicyclic) bond motifs is 18. The second kappa shape index (κ2) is 19.9. The lowest BCUT2D eigenvalue weighted by atomic mass is 9.70. The summed E-state index contributed by atoms with van der Waals surface area (Å²) in [5, 5.41) is 9.94. The Kier molecular flexibility index (Phi) is 11.4. The number of benzene rings is 14. The van der Waals surface area contributed by atoms with Gasteiger partial charge in [0.1, 0.15) is 0 Å². The molecule has 2 nitrogen and oxygen atoms in total. The highest BCUT2D eigenvalue weighted by molar-refractivity contribution is 6.12. The Morgan fingerprint density at radius 2 is 0.584 bits per heavy atom. The third-order valence-corrected chi connectivity index (χ3v) is 19.4. The van der Waals surface area contributed by atoms with Crippen LogP contribution in [0.25, 0.3) is 145 Å². The maximum atomic E-state index is 2.46. The van der Waals surface area contributed by atoms with E-state index in [1.165, 1.54) is 177 Å². The molecule has 416 valence electrons. The van der Waals surface area contributed by atoms with Crippen molar-refractivity contribution in [1.82, 2.24) is 9.13 Å². The van der Waals surface area contributed by atoms with Crippen LogP contribution in [0.5, 0.6) is 0 Å². The molecule has 2 aliphatic rings. The molecule has 1 spiro atoms. The molecule has 14 aromatic carbocycles. The molecule has 0 fully saturated rings. The van der Waals surface area contributed by atoms with E-state index in [-0.39, 0.29) is 0 Å². The van der Waals surface area contributed by atoms with Crippen molar-refractivity contribution in [3.05, 3.63) is 347 Å². The van der Waals surface area contributed by atoms with Crippen LogP contribution in [0.3, 0.4) is 0 Å². The van der Waals surface area contributed by atoms with E-state index in [9.17, 15) is 0 Å². The lowest BCUT2D eigenvalue weighted by Crippen LogP contribution is -2.26. The quantitative estimate of drug-likeness (QED) is 0.134. The van der Waals surface area contributed by atoms with Gasteiger partial charge in [-0.25, -0.2) is 0 Å². The van der Waals surface area contributed by atoms with Gasteiger partial charge < -0.3 is 9.13 Å². The van der Waals surface area contributed by atoms with Crippen molar-refractivity contribution in [1.29, 1.82) is 0 Å². The third kappa shape index (κ3) is 8.04. The van der Waals surface area contributed by atoms with Gasteiger partial charge in [0.05, 0.1) is 27.5 Å². The Morgan fingerprint density at radius 1 is 0.247 bits per heavy atom. The van der Waals surface area contributed by atoms with E-state index < -0.39 is 5.41 Å². The van der Waals surface area contributed by atoms with Gasteiger partial charge in [0.15, 0.2) is 0 Å². The van der Waals surface area contributed by atoms with Gasteiger partial charge >= 0.3 is 0 Å². The molecule has 0 saturated heterocycles. The minimum Gasteiger partial charge on any atom is -0.309 e. The van der Waals surface area contributed by atoms with Gasteiger partial charge in [-0.3, -0.25) is 0 Å². The first-order chi connectivity index (χ1) is 43.9. The van der Waals surface area contributed by atoms with Crippen LogP contribution in [-0.4, -0.2) is 9.13 Å². The van der Waals surface area contributed by atoms with E-state index >= 15 is 0 Å². The number of para-hydroxylation sites is 2. The second-order valence-corrected chi connectivity index (χ2v) is 24.6. The number of hydrogen-bond donors (Lipinski definition) is 0. The molecule has 0 N–H and O–H groups in total. The summed E-state index contributed by atoms with van der Waals surface area (Å²) in [5.74, 6) is 0. The summed E-state index contributed by atoms with van der Waals surface area (Å²) in [6.07, 6.45) is 9.15. The summed E-state index contributed by atoms with van der Waals surface area (Å²) >= 11 is 0. The first kappa shape index (κ1) is 51.0. The van der Waals surface area contributed by atoms with Crippen molar-refractivity contribution in [3.8, 4) is 55.9 Å². The summed E-state index contributed by atoms with van der Waals surface area (Å²) < 4.78 is 4.78. The fraction of sp³-hybridized carbons (Fsp3) is 0.0345. The minimum atomic E-state index is -0.474. The lowest BCUT2D eigenvalue weighted by Gasteiger charge is -2.30. The Morgan fingerprint density at radius 3 is 1.04 bits per heavy atom. The number of nitrogens with zero attached hydrogens (tertiary/aromatic N) is 2. The molecule has 0 atom stereocenters. The fourth-order valence-electron chi connectivity index (χ4n) is 15.1. The third-order valence-electron chi connectivity index (χ3n) is 19.4. The number of aromatic nitrogens is 2. The van der Waals surface area contributed by atoms with E-state index in [1.54, 1.807) is 0 Å². The molecule has 2 heterocycles. The van der Waals surface area contributed by atoms with Gasteiger partial charge in [0.2, 0.25) is 0 Å². The van der Waals surface area contributed by atoms with Crippen molar-refractivity contribution in [2.45, 2.75) is 19.3 Å². The van der Waals surface area contributed by atoms with Gasteiger partial charge in [0.25, 0.3) is 0 Å². The predicted molar refractivity (Wildman–Crippen MR) is 378 cm³/mol. The van der Waals surface area contributed by atoms with Crippen molar-refractivity contribution in [3.63, 3.8) is 0 Å². The van der Waals surface area contributed by atoms with Crippen LogP contribution in [-0.2, 0) is 5.41 Å². The molecule has 16 aromatic rings. The van der Waals surface area contributed by atoms with Gasteiger partial charge in [-0.2, -0.15) is 0 Å². The molecule has 0 saturated carbocycles. The molecule has 2 aromatic heterocycles. The molecule has 0 bridgehead atoms. The van der Waals surface area contributed by atoms with Gasteiger partial charge in [-0.05, 0) is 221 Å². The molecule has 18 rings (SSSR count). The Bertz CT molecular complexity index is 5330. The van der Waals surface area contributed by atoms with E-state index in [1.807, 2.05) is 0 Å². The molecule has 2 heteroatoms. The van der Waals surface area contributed by atoms with Crippen LogP contribution in [0.4, 0.5) is 0 Å². The summed E-state index contributed by atoms with van der Waals surface area (Å²) in [6.45, 7) is 4.29. The normalized spacial score (nSPS) is 13.1. The Hall–Kier alpha value is -11.3. The largest absolute Gasteiger partial charge is 0.309 e. The van der Waals surface area contributed by atoms with Crippen molar-refractivity contribution < 1.29 is 0 Å². The van der Waals surface area contributed by atoms with E-state index in [0.717, 1.165) is 0 Å². The molecular weight excluding hydrogens is 1070 g/mol. The van der Waals surface area contributed by atoms with Crippen molar-refractivity contribution in [2.75, 3.05) is 0 Å². The standard InChI is InChI=1S/C87H58N2/c1-55-19-39-69(40-20-55)88-83-17-9-5-13-75(83)77-53-67(37-45-85(77)88)65-35-33-61-47-57(27-31-63(61)51-65)23-25-59-29-43-73-74-44-30-60(50-82(74)87(81(73)49-59)79-15-7-3-11-71(79)72-12-4-8-16-80(72)87)26-24-58-28-32-64-52-66(36-34-62(64)48-58)68-38-46-86-78(54-68)76-14-6-10-18-84(76)89(86)70-41-21-56(2)22-42-70/h3-54H,1-2H3/b25-23+,26-24+. The van der Waals surface area contributed by atoms with E-state index in [4.69, 9.17) is 0 Å². The summed E-state index contributed by atoms with van der Waals surface area (Å²) in [6, 6.07) is 109. The lowest BCUT2D eigenvalue weighted by molar-refractivity contribution is 0.793. The van der Waals surface area contributed by atoms with E-state index in [0.29, 0.717) is 0 Å². The minimum absolute atomic E-state index is 0.474. The molecular formula is C87H58N2. The maximum Gasteiger partial charge on any atom is 0.0725 e. The van der Waals surface area contributed by atoms with Crippen LogP contribution >= 0.6 is 0 Å². The smallest absolute Gasteiger partial charge is 0.0725 e. The molecule has 0 aliphatic heterocycles. The van der Waals surface area contributed by atoms with E-state index in [2.05, 4.69) is 338 Å². The summed E-state index contributed by atoms with van der Waals surface area (Å²) in [4.78, 5) is 0. The molecule has 0 unspecified atom stereocenters. The average molecular weight is 1130 g/mol. The van der Waals surface area contributed by atoms with Crippen LogP contribution in [0, 0.1) is 13.8 Å². The molecule has 2 aliphatic carbocycles. The monoisotopic (exact) mass is 1130 g/mol. The molecule has 0 radical (unpaired) electrons. The Balaban J connectivity index is 0.647. The first-order valence-corrected chi connectivity index (χ1v) is 31.0. The zero-order valence-electron chi connectivity index (χ0n) is 49.4. The van der Waals surface area contributed by atoms with Crippen LogP contribution < -0.4 is 0 Å². The highest BCUT2D eigenvalue weighted by Gasteiger charge is 2.51. The van der Waals surface area contributed by atoms with Crippen molar-refractivity contribution in [2.24, 2.45) is 0 Å². The van der Waals surface area contributed by atoms with Gasteiger partial charge in [0, 0.05) is 32.9 Å². The highest BCUT2D eigenvalue weighted by atomic mass is 15.0. The van der Waals surface area contributed by atoms with Crippen molar-refractivity contribution >= 4 is 89.5 Å². The molecule has 89 heavy (non-hydrogen) atoms. The molecule has 0 amide bonds. The topological polar surface area (TPSA) is 9.86 Å². The van der Waals surface area contributed by atoms with Crippen LogP contribution in [0.15, 0.2) is 291 Å².